The number of aryl methyl sites for hydroxylation is 1. The van der Waals surface area contributed by atoms with Crippen molar-refractivity contribution in [2.75, 3.05) is 0 Å². The summed E-state index contributed by atoms with van der Waals surface area (Å²) in [6, 6.07) is 0. The first kappa shape index (κ1) is 13.9. The summed E-state index contributed by atoms with van der Waals surface area (Å²) < 4.78 is 1.75. The lowest BCUT2D eigenvalue weighted by atomic mass is 10.1. The van der Waals surface area contributed by atoms with Gasteiger partial charge in [-0.2, -0.15) is 0 Å². The predicted molar refractivity (Wildman–Crippen MR) is 68.0 cm³/mol. The zero-order valence-corrected chi connectivity index (χ0v) is 10.8. The third kappa shape index (κ3) is 6.19. The highest BCUT2D eigenvalue weighted by Crippen LogP contribution is 2.08. The maximum atomic E-state index is 10.4. The second kappa shape index (κ2) is 8.90. The molecule has 0 aromatic carbocycles. The van der Waals surface area contributed by atoms with Crippen LogP contribution in [0.25, 0.3) is 0 Å². The maximum absolute atomic E-state index is 10.4. The van der Waals surface area contributed by atoms with Crippen LogP contribution >= 0.6 is 0 Å². The zero-order valence-electron chi connectivity index (χ0n) is 10.8. The molecule has 17 heavy (non-hydrogen) atoms. The highest BCUT2D eigenvalue weighted by molar-refractivity contribution is 5.70. The van der Waals surface area contributed by atoms with Gasteiger partial charge < -0.3 is 0 Å². The number of carbonyl (C=O) groups is 1. The summed E-state index contributed by atoms with van der Waals surface area (Å²) in [6.07, 6.45) is 12.9. The second-order valence-corrected chi connectivity index (χ2v) is 4.50. The van der Waals surface area contributed by atoms with E-state index in [0.717, 1.165) is 19.3 Å². The van der Waals surface area contributed by atoms with E-state index in [2.05, 4.69) is 17.2 Å². The molecule has 0 atom stereocenters. The molecule has 96 valence electrons. The lowest BCUT2D eigenvalue weighted by Gasteiger charge is -2.01. The van der Waals surface area contributed by atoms with Gasteiger partial charge in [-0.25, -0.2) is 0 Å². The SMILES string of the molecule is CCCCCCCCCCn1cc(C=O)nn1. The smallest absolute Gasteiger partial charge is 0.171 e. The van der Waals surface area contributed by atoms with Gasteiger partial charge in [0.25, 0.3) is 0 Å². The summed E-state index contributed by atoms with van der Waals surface area (Å²) in [5, 5.41) is 7.61. The van der Waals surface area contributed by atoms with Gasteiger partial charge in [0, 0.05) is 6.54 Å². The van der Waals surface area contributed by atoms with Crippen molar-refractivity contribution in [3.8, 4) is 0 Å². The van der Waals surface area contributed by atoms with Gasteiger partial charge in [0.05, 0.1) is 6.20 Å². The first-order valence-corrected chi connectivity index (χ1v) is 6.72. The van der Waals surface area contributed by atoms with Gasteiger partial charge in [0.15, 0.2) is 6.29 Å². The molecule has 0 saturated heterocycles. The molecule has 0 aliphatic heterocycles. The van der Waals surface area contributed by atoms with Gasteiger partial charge >= 0.3 is 0 Å². The van der Waals surface area contributed by atoms with Crippen molar-refractivity contribution in [1.29, 1.82) is 0 Å². The Bertz CT molecular complexity index is 309. The number of nitrogens with zero attached hydrogens (tertiary/aromatic N) is 3. The standard InChI is InChI=1S/C13H23N3O/c1-2-3-4-5-6-7-8-9-10-16-11-13(12-17)14-15-16/h11-12H,2-10H2,1H3. The second-order valence-electron chi connectivity index (χ2n) is 4.50. The molecular formula is C13H23N3O. The molecular weight excluding hydrogens is 214 g/mol. The van der Waals surface area contributed by atoms with E-state index in [1.54, 1.807) is 10.9 Å². The Morgan fingerprint density at radius 3 is 2.35 bits per heavy atom. The Kier molecular flexibility index (Phi) is 7.27. The van der Waals surface area contributed by atoms with Crippen molar-refractivity contribution in [2.45, 2.75) is 64.8 Å². The monoisotopic (exact) mass is 237 g/mol. The molecule has 1 heterocycles. The molecule has 0 aliphatic rings. The van der Waals surface area contributed by atoms with E-state index in [1.807, 2.05) is 0 Å². The van der Waals surface area contributed by atoms with Crippen LogP contribution in [0.1, 0.15) is 68.8 Å². The highest BCUT2D eigenvalue weighted by atomic mass is 16.1. The molecule has 0 spiro atoms. The van der Waals surface area contributed by atoms with E-state index >= 15 is 0 Å². The summed E-state index contributed by atoms with van der Waals surface area (Å²) in [4.78, 5) is 10.4. The van der Waals surface area contributed by atoms with Crippen molar-refractivity contribution in [1.82, 2.24) is 15.0 Å². The third-order valence-corrected chi connectivity index (χ3v) is 2.92. The largest absolute Gasteiger partial charge is 0.296 e. The molecule has 1 rings (SSSR count). The van der Waals surface area contributed by atoms with Crippen LogP contribution in [0.3, 0.4) is 0 Å². The molecule has 0 unspecified atom stereocenters. The maximum Gasteiger partial charge on any atom is 0.171 e. The molecule has 0 fully saturated rings. The Morgan fingerprint density at radius 2 is 1.76 bits per heavy atom. The van der Waals surface area contributed by atoms with E-state index in [4.69, 9.17) is 0 Å². The first-order valence-electron chi connectivity index (χ1n) is 6.72. The Balaban J connectivity index is 1.95. The fraction of sp³-hybridized carbons (Fsp3) is 0.769. The quantitative estimate of drug-likeness (QED) is 0.463. The van der Waals surface area contributed by atoms with Gasteiger partial charge in [0.1, 0.15) is 5.69 Å². The molecule has 0 N–H and O–H groups in total. The summed E-state index contributed by atoms with van der Waals surface area (Å²) in [6.45, 7) is 3.11. The summed E-state index contributed by atoms with van der Waals surface area (Å²) in [5.74, 6) is 0. The Hall–Kier alpha value is -1.19. The minimum Gasteiger partial charge on any atom is -0.296 e. The lowest BCUT2D eigenvalue weighted by Crippen LogP contribution is -1.98. The van der Waals surface area contributed by atoms with Crippen molar-refractivity contribution in [2.24, 2.45) is 0 Å². The number of unbranched alkanes of at least 4 members (excludes halogenated alkanes) is 7. The van der Waals surface area contributed by atoms with E-state index in [9.17, 15) is 4.79 Å². The molecule has 1 aromatic rings. The lowest BCUT2D eigenvalue weighted by molar-refractivity contribution is 0.111. The van der Waals surface area contributed by atoms with E-state index in [0.29, 0.717) is 5.69 Å². The summed E-state index contributed by atoms with van der Waals surface area (Å²) in [5.41, 5.74) is 0.421. The van der Waals surface area contributed by atoms with Gasteiger partial charge in [-0.15, -0.1) is 5.10 Å². The van der Waals surface area contributed by atoms with E-state index in [-0.39, 0.29) is 0 Å². The molecule has 0 bridgehead atoms. The number of hydrogen-bond acceptors (Lipinski definition) is 3. The first-order chi connectivity index (χ1) is 8.36. The van der Waals surface area contributed by atoms with Gasteiger partial charge in [0.2, 0.25) is 0 Å². The molecule has 1 aromatic heterocycles. The third-order valence-electron chi connectivity index (χ3n) is 2.92. The van der Waals surface area contributed by atoms with Crippen molar-refractivity contribution in [3.05, 3.63) is 11.9 Å². The van der Waals surface area contributed by atoms with Crippen LogP contribution in [0.15, 0.2) is 6.20 Å². The van der Waals surface area contributed by atoms with Crippen molar-refractivity contribution < 1.29 is 4.79 Å². The normalized spacial score (nSPS) is 10.6. The minimum atomic E-state index is 0.421. The number of carbonyl (C=O) groups excluding carboxylic acids is 1. The molecule has 0 radical (unpaired) electrons. The molecule has 4 heteroatoms. The van der Waals surface area contributed by atoms with Crippen LogP contribution in [0.4, 0.5) is 0 Å². The fourth-order valence-electron chi connectivity index (χ4n) is 1.88. The zero-order chi connectivity index (χ0) is 12.3. The van der Waals surface area contributed by atoms with Crippen molar-refractivity contribution >= 4 is 6.29 Å². The number of aromatic nitrogens is 3. The Labute approximate surface area is 103 Å². The summed E-state index contributed by atoms with van der Waals surface area (Å²) in [7, 11) is 0. The molecule has 0 aliphatic carbocycles. The Morgan fingerprint density at radius 1 is 1.12 bits per heavy atom. The molecule has 0 saturated carbocycles. The van der Waals surface area contributed by atoms with E-state index in [1.165, 1.54) is 44.9 Å². The van der Waals surface area contributed by atoms with Gasteiger partial charge in [-0.1, -0.05) is 57.1 Å². The predicted octanol–water partition coefficient (Wildman–Crippen LogP) is 3.23. The van der Waals surface area contributed by atoms with Gasteiger partial charge in [-0.3, -0.25) is 9.48 Å². The summed E-state index contributed by atoms with van der Waals surface area (Å²) >= 11 is 0. The number of aldehydes is 1. The number of rotatable bonds is 10. The van der Waals surface area contributed by atoms with Crippen LogP contribution in [0.5, 0.6) is 0 Å². The van der Waals surface area contributed by atoms with Crippen molar-refractivity contribution in [3.63, 3.8) is 0 Å². The molecule has 4 nitrogen and oxygen atoms in total. The number of hydrogen-bond donors (Lipinski definition) is 0. The van der Waals surface area contributed by atoms with Crippen LogP contribution < -0.4 is 0 Å². The van der Waals surface area contributed by atoms with Gasteiger partial charge in [-0.05, 0) is 6.42 Å². The van der Waals surface area contributed by atoms with Crippen LogP contribution in [-0.4, -0.2) is 21.3 Å². The average molecular weight is 237 g/mol. The highest BCUT2D eigenvalue weighted by Gasteiger charge is 1.98. The van der Waals surface area contributed by atoms with E-state index < -0.39 is 0 Å². The average Bonchev–Trinajstić information content (AvgIpc) is 2.80. The fourth-order valence-corrected chi connectivity index (χ4v) is 1.88. The minimum absolute atomic E-state index is 0.421. The van der Waals surface area contributed by atoms with Crippen LogP contribution in [0, 0.1) is 0 Å². The molecule has 0 amide bonds. The van der Waals surface area contributed by atoms with Crippen LogP contribution in [0.2, 0.25) is 0 Å². The van der Waals surface area contributed by atoms with Crippen LogP contribution in [-0.2, 0) is 6.54 Å². The topological polar surface area (TPSA) is 47.8 Å².